The quantitative estimate of drug-likeness (QED) is 0.685. The summed E-state index contributed by atoms with van der Waals surface area (Å²) in [6.07, 6.45) is 5.80. The Kier molecular flexibility index (Phi) is 5.15. The summed E-state index contributed by atoms with van der Waals surface area (Å²) < 4.78 is 24.3. The van der Waals surface area contributed by atoms with Gasteiger partial charge in [-0.3, -0.25) is 4.79 Å². The third kappa shape index (κ3) is 4.35. The molecule has 134 valence electrons. The summed E-state index contributed by atoms with van der Waals surface area (Å²) in [6, 6.07) is 13.5. The molecular weight excluding hydrogens is 352 g/mol. The Morgan fingerprint density at radius 2 is 1.77 bits per heavy atom. The van der Waals surface area contributed by atoms with Crippen molar-refractivity contribution in [2.45, 2.75) is 11.3 Å². The molecule has 3 rings (SSSR count). The van der Waals surface area contributed by atoms with E-state index in [0.29, 0.717) is 18.5 Å². The lowest BCUT2D eigenvalue weighted by Crippen LogP contribution is -2.25. The van der Waals surface area contributed by atoms with Crippen LogP contribution in [0.1, 0.15) is 15.9 Å². The van der Waals surface area contributed by atoms with Crippen LogP contribution < -0.4 is 10.5 Å². The minimum atomic E-state index is -3.68. The highest BCUT2D eigenvalue weighted by Crippen LogP contribution is 2.10. The van der Waals surface area contributed by atoms with Gasteiger partial charge in [0, 0.05) is 30.2 Å². The molecule has 1 heterocycles. The maximum atomic E-state index is 12.2. The molecule has 0 aliphatic heterocycles. The van der Waals surface area contributed by atoms with Crippen LogP contribution in [-0.4, -0.2) is 30.4 Å². The fraction of sp³-hybridized carbons (Fsp3) is 0.111. The first-order chi connectivity index (χ1) is 12.4. The van der Waals surface area contributed by atoms with Crippen LogP contribution in [0.4, 0.5) is 0 Å². The van der Waals surface area contributed by atoms with E-state index in [0.717, 1.165) is 11.3 Å². The molecule has 2 aromatic carbocycles. The van der Waals surface area contributed by atoms with Crippen molar-refractivity contribution in [2.24, 2.45) is 5.14 Å². The first kappa shape index (κ1) is 17.8. The summed E-state index contributed by atoms with van der Waals surface area (Å²) in [4.78, 5) is 16.3. The first-order valence-corrected chi connectivity index (χ1v) is 9.46. The number of amides is 1. The molecule has 3 N–H and O–H groups in total. The van der Waals surface area contributed by atoms with E-state index in [1.807, 2.05) is 22.9 Å². The Balaban J connectivity index is 1.54. The molecule has 0 aliphatic carbocycles. The minimum Gasteiger partial charge on any atom is -0.352 e. The maximum absolute atomic E-state index is 12.2. The molecule has 0 bridgehead atoms. The molecule has 8 heteroatoms. The van der Waals surface area contributed by atoms with Crippen LogP contribution in [0.3, 0.4) is 0 Å². The molecule has 0 saturated carbocycles. The van der Waals surface area contributed by atoms with Gasteiger partial charge in [-0.15, -0.1) is 0 Å². The lowest BCUT2D eigenvalue weighted by atomic mass is 10.1. The van der Waals surface area contributed by atoms with Crippen LogP contribution in [0.15, 0.2) is 72.1 Å². The minimum absolute atomic E-state index is 0.0725. The molecule has 0 unspecified atom stereocenters. The number of carbonyl (C=O) groups excluding carboxylic acids is 1. The fourth-order valence-corrected chi connectivity index (χ4v) is 2.98. The molecular formula is C18H18N4O3S. The third-order valence-electron chi connectivity index (χ3n) is 3.88. The molecule has 0 atom stereocenters. The summed E-state index contributed by atoms with van der Waals surface area (Å²) in [5, 5.41) is 7.91. The Bertz CT molecular complexity index is 980. The molecule has 26 heavy (non-hydrogen) atoms. The van der Waals surface area contributed by atoms with Gasteiger partial charge in [-0.2, -0.15) is 0 Å². The van der Waals surface area contributed by atoms with Gasteiger partial charge in [0.15, 0.2) is 0 Å². The largest absolute Gasteiger partial charge is 0.352 e. The van der Waals surface area contributed by atoms with Gasteiger partial charge < -0.3 is 9.88 Å². The molecule has 0 fully saturated rings. The van der Waals surface area contributed by atoms with Crippen LogP contribution >= 0.6 is 0 Å². The number of nitrogens with one attached hydrogen (secondary N) is 1. The highest BCUT2D eigenvalue weighted by Gasteiger charge is 2.08. The third-order valence-corrected chi connectivity index (χ3v) is 4.81. The number of sulfonamides is 1. The monoisotopic (exact) mass is 370 g/mol. The van der Waals surface area contributed by atoms with Crippen LogP contribution in [-0.2, 0) is 16.4 Å². The molecule has 0 saturated heterocycles. The SMILES string of the molecule is NS(=O)(=O)c1ccc(CCNC(=O)c2ccc(-n3ccnc3)cc2)cc1. The summed E-state index contributed by atoms with van der Waals surface area (Å²) in [7, 11) is -3.68. The van der Waals surface area contributed by atoms with E-state index in [1.54, 1.807) is 36.8 Å². The highest BCUT2D eigenvalue weighted by atomic mass is 32.2. The van der Waals surface area contributed by atoms with Crippen molar-refractivity contribution >= 4 is 15.9 Å². The first-order valence-electron chi connectivity index (χ1n) is 7.92. The number of imidazole rings is 1. The van der Waals surface area contributed by atoms with Crippen LogP contribution in [0.25, 0.3) is 5.69 Å². The van der Waals surface area contributed by atoms with Crippen molar-refractivity contribution in [1.29, 1.82) is 0 Å². The second kappa shape index (κ2) is 7.51. The predicted molar refractivity (Wildman–Crippen MR) is 97.4 cm³/mol. The van der Waals surface area contributed by atoms with Gasteiger partial charge in [0.1, 0.15) is 0 Å². The maximum Gasteiger partial charge on any atom is 0.251 e. The predicted octanol–water partition coefficient (Wildman–Crippen LogP) is 1.49. The van der Waals surface area contributed by atoms with Crippen LogP contribution in [0.2, 0.25) is 0 Å². The van der Waals surface area contributed by atoms with E-state index < -0.39 is 10.0 Å². The van der Waals surface area contributed by atoms with Gasteiger partial charge in [-0.05, 0) is 48.4 Å². The van der Waals surface area contributed by atoms with Crippen molar-refractivity contribution in [2.75, 3.05) is 6.54 Å². The molecule has 1 aromatic heterocycles. The molecule has 0 spiro atoms. The van der Waals surface area contributed by atoms with E-state index in [4.69, 9.17) is 5.14 Å². The van der Waals surface area contributed by atoms with E-state index in [9.17, 15) is 13.2 Å². The van der Waals surface area contributed by atoms with Gasteiger partial charge in [0.05, 0.1) is 11.2 Å². The van der Waals surface area contributed by atoms with Gasteiger partial charge in [-0.25, -0.2) is 18.5 Å². The standard InChI is InChI=1S/C18H18N4O3S/c19-26(24,25)17-7-1-14(2-8-17)9-10-21-18(23)15-3-5-16(6-4-15)22-12-11-20-13-22/h1-8,11-13H,9-10H2,(H,21,23)(H2,19,24,25). The van der Waals surface area contributed by atoms with Crippen molar-refractivity contribution in [1.82, 2.24) is 14.9 Å². The van der Waals surface area contributed by atoms with Crippen LogP contribution in [0.5, 0.6) is 0 Å². The number of primary sulfonamides is 1. The van der Waals surface area contributed by atoms with Crippen molar-refractivity contribution < 1.29 is 13.2 Å². The Labute approximate surface area is 151 Å². The second-order valence-electron chi connectivity index (χ2n) is 5.71. The van der Waals surface area contributed by atoms with E-state index >= 15 is 0 Å². The average Bonchev–Trinajstić information content (AvgIpc) is 3.16. The zero-order chi connectivity index (χ0) is 18.6. The van der Waals surface area contributed by atoms with Gasteiger partial charge >= 0.3 is 0 Å². The average molecular weight is 370 g/mol. The fourth-order valence-electron chi connectivity index (χ4n) is 2.47. The number of rotatable bonds is 6. The molecule has 1 amide bonds. The lowest BCUT2D eigenvalue weighted by Gasteiger charge is -2.07. The smallest absolute Gasteiger partial charge is 0.251 e. The number of aromatic nitrogens is 2. The van der Waals surface area contributed by atoms with Crippen molar-refractivity contribution in [3.63, 3.8) is 0 Å². The lowest BCUT2D eigenvalue weighted by molar-refractivity contribution is 0.0954. The van der Waals surface area contributed by atoms with E-state index in [2.05, 4.69) is 10.3 Å². The topological polar surface area (TPSA) is 107 Å². The Morgan fingerprint density at radius 1 is 1.08 bits per heavy atom. The summed E-state index contributed by atoms with van der Waals surface area (Å²) in [5.41, 5.74) is 2.40. The van der Waals surface area contributed by atoms with E-state index in [1.165, 1.54) is 12.1 Å². The summed E-state index contributed by atoms with van der Waals surface area (Å²) >= 11 is 0. The molecule has 0 radical (unpaired) electrons. The summed E-state index contributed by atoms with van der Waals surface area (Å²) in [5.74, 6) is -0.164. The van der Waals surface area contributed by atoms with Crippen LogP contribution in [0, 0.1) is 0 Å². The molecule has 3 aromatic rings. The molecule has 0 aliphatic rings. The van der Waals surface area contributed by atoms with Gasteiger partial charge in [0.25, 0.3) is 5.91 Å². The number of hydrogen-bond donors (Lipinski definition) is 2. The van der Waals surface area contributed by atoms with Gasteiger partial charge in [-0.1, -0.05) is 12.1 Å². The highest BCUT2D eigenvalue weighted by molar-refractivity contribution is 7.89. The van der Waals surface area contributed by atoms with Gasteiger partial charge in [0.2, 0.25) is 10.0 Å². The number of benzene rings is 2. The van der Waals surface area contributed by atoms with Crippen molar-refractivity contribution in [3.05, 3.63) is 78.4 Å². The number of nitrogens with two attached hydrogens (primary N) is 1. The number of nitrogens with zero attached hydrogens (tertiary/aromatic N) is 2. The zero-order valence-corrected chi connectivity index (χ0v) is 14.7. The number of hydrogen-bond acceptors (Lipinski definition) is 4. The Morgan fingerprint density at radius 3 is 2.35 bits per heavy atom. The molecule has 7 nitrogen and oxygen atoms in total. The second-order valence-corrected chi connectivity index (χ2v) is 7.27. The van der Waals surface area contributed by atoms with E-state index in [-0.39, 0.29) is 10.8 Å². The zero-order valence-electron chi connectivity index (χ0n) is 13.9. The van der Waals surface area contributed by atoms with Crippen molar-refractivity contribution in [3.8, 4) is 5.69 Å². The normalized spacial score (nSPS) is 11.3. The summed E-state index contributed by atoms with van der Waals surface area (Å²) in [6.45, 7) is 0.441. The Hall–Kier alpha value is -2.97. The number of carbonyl (C=O) groups is 1.